The van der Waals surface area contributed by atoms with E-state index in [1.54, 1.807) is 18.9 Å². The van der Waals surface area contributed by atoms with Gasteiger partial charge in [-0.1, -0.05) is 49.4 Å². The topological polar surface area (TPSA) is 60.8 Å². The molecule has 0 fully saturated rings. The van der Waals surface area contributed by atoms with Crippen molar-refractivity contribution in [2.24, 2.45) is 5.41 Å². The number of likely N-dealkylation sites (N-methyl/N-ethyl adjacent to an activating group) is 1. The van der Waals surface area contributed by atoms with Crippen molar-refractivity contribution in [1.82, 2.24) is 4.90 Å². The number of carbonyl (C=O) groups excluding carboxylic acids is 1. The molecule has 2 aromatic carbocycles. The number of aliphatic hydroxyl groups excluding tert-OH is 2. The Labute approximate surface area is 131 Å². The number of carbonyl (C=O) groups is 1. The van der Waals surface area contributed by atoms with Gasteiger partial charge in [-0.2, -0.15) is 0 Å². The van der Waals surface area contributed by atoms with E-state index < -0.39 is 5.41 Å². The molecule has 4 heteroatoms. The fourth-order valence-electron chi connectivity index (χ4n) is 2.47. The van der Waals surface area contributed by atoms with Crippen LogP contribution in [0.25, 0.3) is 10.8 Å². The number of hydrogen-bond acceptors (Lipinski definition) is 3. The summed E-state index contributed by atoms with van der Waals surface area (Å²) < 4.78 is 0. The summed E-state index contributed by atoms with van der Waals surface area (Å²) in [5.41, 5.74) is 0.290. The zero-order valence-corrected chi connectivity index (χ0v) is 13.1. The minimum absolute atomic E-state index is 0.0246. The second kappa shape index (κ2) is 6.90. The maximum absolute atomic E-state index is 12.3. The van der Waals surface area contributed by atoms with E-state index in [1.807, 2.05) is 42.5 Å². The van der Waals surface area contributed by atoms with Gasteiger partial charge in [-0.05, 0) is 16.3 Å². The van der Waals surface area contributed by atoms with E-state index >= 15 is 0 Å². The van der Waals surface area contributed by atoms with Gasteiger partial charge in [0.2, 0.25) is 5.91 Å². The van der Waals surface area contributed by atoms with Crippen LogP contribution < -0.4 is 0 Å². The number of aliphatic hydroxyl groups is 2. The largest absolute Gasteiger partial charge is 0.396 e. The first-order chi connectivity index (χ1) is 10.5. The molecule has 2 rings (SSSR count). The van der Waals surface area contributed by atoms with E-state index in [9.17, 15) is 15.0 Å². The number of benzene rings is 2. The van der Waals surface area contributed by atoms with Crippen molar-refractivity contribution in [2.45, 2.75) is 13.3 Å². The number of fused-ring (bicyclic) bond motifs is 1. The third-order valence-corrected chi connectivity index (χ3v) is 3.98. The van der Waals surface area contributed by atoms with Crippen LogP contribution in [0.15, 0.2) is 42.5 Å². The summed E-state index contributed by atoms with van der Waals surface area (Å²) in [4.78, 5) is 13.9. The molecule has 0 aliphatic carbocycles. The highest BCUT2D eigenvalue weighted by Crippen LogP contribution is 2.18. The highest BCUT2D eigenvalue weighted by molar-refractivity contribution is 5.85. The second-order valence-electron chi connectivity index (χ2n) is 6.23. The molecule has 0 saturated heterocycles. The van der Waals surface area contributed by atoms with Crippen molar-refractivity contribution in [3.63, 3.8) is 0 Å². The summed E-state index contributed by atoms with van der Waals surface area (Å²) in [5, 5.41) is 20.9. The predicted octanol–water partition coefficient (Wildman–Crippen LogP) is 1.83. The Bertz CT molecular complexity index is 650. The van der Waals surface area contributed by atoms with Crippen LogP contribution in [-0.2, 0) is 11.2 Å². The number of hydrogen-bond donors (Lipinski definition) is 2. The van der Waals surface area contributed by atoms with Crippen LogP contribution >= 0.6 is 0 Å². The second-order valence-corrected chi connectivity index (χ2v) is 6.23. The average molecular weight is 301 g/mol. The van der Waals surface area contributed by atoms with Crippen molar-refractivity contribution in [3.05, 3.63) is 48.0 Å². The Morgan fingerprint density at radius 3 is 2.36 bits per heavy atom. The summed E-state index contributed by atoms with van der Waals surface area (Å²) in [5.74, 6) is -0.0246. The Hall–Kier alpha value is -1.91. The van der Waals surface area contributed by atoms with Gasteiger partial charge in [0.25, 0.3) is 0 Å². The van der Waals surface area contributed by atoms with Crippen LogP contribution in [0.5, 0.6) is 0 Å². The molecule has 0 spiro atoms. The molecule has 0 radical (unpaired) electrons. The summed E-state index contributed by atoms with van der Waals surface area (Å²) in [6.45, 7) is 1.77. The molecule has 0 bridgehead atoms. The smallest absolute Gasteiger partial charge is 0.226 e. The molecule has 0 aromatic heterocycles. The zero-order chi connectivity index (χ0) is 16.2. The van der Waals surface area contributed by atoms with Crippen molar-refractivity contribution in [2.75, 3.05) is 26.8 Å². The Kier molecular flexibility index (Phi) is 5.16. The minimum atomic E-state index is -0.673. The fraction of sp³-hybridized carbons (Fsp3) is 0.389. The summed E-state index contributed by atoms with van der Waals surface area (Å²) in [6, 6.07) is 14.1. The molecule has 0 saturated carbocycles. The first-order valence-corrected chi connectivity index (χ1v) is 7.41. The quantitative estimate of drug-likeness (QED) is 0.856. The normalized spacial score (nSPS) is 11.6. The van der Waals surface area contributed by atoms with Gasteiger partial charge in [0.1, 0.15) is 0 Å². The first-order valence-electron chi connectivity index (χ1n) is 7.41. The van der Waals surface area contributed by atoms with Crippen LogP contribution in [0, 0.1) is 5.41 Å². The summed E-state index contributed by atoms with van der Waals surface area (Å²) in [7, 11) is 1.70. The van der Waals surface area contributed by atoms with E-state index in [0.29, 0.717) is 13.0 Å². The highest BCUT2D eigenvalue weighted by atomic mass is 16.3. The van der Waals surface area contributed by atoms with Gasteiger partial charge >= 0.3 is 0 Å². The van der Waals surface area contributed by atoms with Crippen molar-refractivity contribution in [1.29, 1.82) is 0 Å². The lowest BCUT2D eigenvalue weighted by Crippen LogP contribution is -2.42. The molecule has 1 amide bonds. The van der Waals surface area contributed by atoms with Crippen LogP contribution in [-0.4, -0.2) is 47.8 Å². The molecule has 118 valence electrons. The van der Waals surface area contributed by atoms with Gasteiger partial charge in [-0.25, -0.2) is 0 Å². The SMILES string of the molecule is CN(CC(C)(CO)CO)C(=O)Cc1ccc2ccccc2c1. The molecule has 4 nitrogen and oxygen atoms in total. The van der Waals surface area contributed by atoms with Crippen LogP contribution in [0.3, 0.4) is 0 Å². The predicted molar refractivity (Wildman–Crippen MR) is 87.6 cm³/mol. The molecular weight excluding hydrogens is 278 g/mol. The van der Waals surface area contributed by atoms with E-state index in [0.717, 1.165) is 16.3 Å². The molecular formula is C18H23NO3. The minimum Gasteiger partial charge on any atom is -0.396 e. The van der Waals surface area contributed by atoms with Gasteiger partial charge in [-0.3, -0.25) is 4.79 Å². The molecule has 0 aliphatic rings. The zero-order valence-electron chi connectivity index (χ0n) is 13.1. The van der Waals surface area contributed by atoms with Gasteiger partial charge in [0.15, 0.2) is 0 Å². The number of rotatable bonds is 6. The van der Waals surface area contributed by atoms with Gasteiger partial charge < -0.3 is 15.1 Å². The molecule has 0 atom stereocenters. The maximum atomic E-state index is 12.3. The van der Waals surface area contributed by atoms with E-state index in [2.05, 4.69) is 0 Å². The standard InChI is InChI=1S/C18H23NO3/c1-18(12-20,13-21)11-19(2)17(22)10-14-7-8-15-5-3-4-6-16(15)9-14/h3-9,20-21H,10-13H2,1-2H3. The molecule has 0 aliphatic heterocycles. The van der Waals surface area contributed by atoms with Crippen molar-refractivity contribution < 1.29 is 15.0 Å². The van der Waals surface area contributed by atoms with Crippen molar-refractivity contribution in [3.8, 4) is 0 Å². The Balaban J connectivity index is 2.06. The molecule has 2 aromatic rings. The van der Waals surface area contributed by atoms with Gasteiger partial charge in [-0.15, -0.1) is 0 Å². The monoisotopic (exact) mass is 301 g/mol. The number of amides is 1. The van der Waals surface area contributed by atoms with Crippen LogP contribution in [0.1, 0.15) is 12.5 Å². The van der Waals surface area contributed by atoms with E-state index in [1.165, 1.54) is 0 Å². The van der Waals surface area contributed by atoms with Gasteiger partial charge in [0.05, 0.1) is 19.6 Å². The van der Waals surface area contributed by atoms with Crippen LogP contribution in [0.4, 0.5) is 0 Å². The Morgan fingerprint density at radius 2 is 1.73 bits per heavy atom. The lowest BCUT2D eigenvalue weighted by molar-refractivity contribution is -0.131. The lowest BCUT2D eigenvalue weighted by atomic mass is 9.92. The summed E-state index contributed by atoms with van der Waals surface area (Å²) in [6.07, 6.45) is 0.314. The third kappa shape index (κ3) is 3.84. The average Bonchev–Trinajstić information content (AvgIpc) is 2.54. The Morgan fingerprint density at radius 1 is 1.09 bits per heavy atom. The first kappa shape index (κ1) is 16.5. The van der Waals surface area contributed by atoms with Gasteiger partial charge in [0, 0.05) is 19.0 Å². The van der Waals surface area contributed by atoms with Crippen molar-refractivity contribution >= 4 is 16.7 Å². The van der Waals surface area contributed by atoms with E-state index in [4.69, 9.17) is 0 Å². The highest BCUT2D eigenvalue weighted by Gasteiger charge is 2.26. The third-order valence-electron chi connectivity index (χ3n) is 3.98. The summed E-state index contributed by atoms with van der Waals surface area (Å²) >= 11 is 0. The fourth-order valence-corrected chi connectivity index (χ4v) is 2.47. The lowest BCUT2D eigenvalue weighted by Gasteiger charge is -2.30. The molecule has 2 N–H and O–H groups in total. The molecule has 22 heavy (non-hydrogen) atoms. The number of nitrogens with zero attached hydrogens (tertiary/aromatic N) is 1. The van der Waals surface area contributed by atoms with Crippen LogP contribution in [0.2, 0.25) is 0 Å². The molecule has 0 heterocycles. The van der Waals surface area contributed by atoms with E-state index in [-0.39, 0.29) is 19.1 Å². The molecule has 0 unspecified atom stereocenters. The maximum Gasteiger partial charge on any atom is 0.226 e.